The van der Waals surface area contributed by atoms with Gasteiger partial charge in [0.15, 0.2) is 0 Å². The number of hydrogen-bond donors (Lipinski definition) is 1. The molecular weight excluding hydrogens is 282 g/mol. The van der Waals surface area contributed by atoms with Gasteiger partial charge in [-0.2, -0.15) is 0 Å². The van der Waals surface area contributed by atoms with Gasteiger partial charge in [-0.1, -0.05) is 6.07 Å². The maximum Gasteiger partial charge on any atom is 0.255 e. The van der Waals surface area contributed by atoms with Crippen LogP contribution in [0, 0.1) is 0 Å². The molecule has 0 radical (unpaired) electrons. The highest BCUT2D eigenvalue weighted by atomic mass is 79.9. The van der Waals surface area contributed by atoms with Gasteiger partial charge in [-0.05, 0) is 42.2 Å². The molecule has 0 aliphatic carbocycles. The lowest BCUT2D eigenvalue weighted by atomic mass is 10.1. The lowest BCUT2D eigenvalue weighted by Gasteiger charge is -2.42. The molecule has 1 aliphatic rings. The van der Waals surface area contributed by atoms with Crippen molar-refractivity contribution >= 4 is 27.5 Å². The van der Waals surface area contributed by atoms with Gasteiger partial charge in [0.05, 0.1) is 10.0 Å². The van der Waals surface area contributed by atoms with E-state index in [9.17, 15) is 4.79 Å². The van der Waals surface area contributed by atoms with E-state index < -0.39 is 0 Å². The number of rotatable bonds is 2. The normalized spacial score (nSPS) is 16.1. The Labute approximate surface area is 110 Å². The standard InChI is InChI=1S/C12H16BrN3O/c1-15(2)8-6-16(7-8)12(17)9-4-3-5-10(14)11(9)13/h3-5,8H,6-7,14H2,1-2H3. The van der Waals surface area contributed by atoms with Crippen molar-refractivity contribution in [3.63, 3.8) is 0 Å². The van der Waals surface area contributed by atoms with Crippen LogP contribution in [0.25, 0.3) is 0 Å². The van der Waals surface area contributed by atoms with Crippen LogP contribution >= 0.6 is 15.9 Å². The summed E-state index contributed by atoms with van der Waals surface area (Å²) in [5.74, 6) is 0.0438. The number of nitrogens with two attached hydrogens (primary N) is 1. The van der Waals surface area contributed by atoms with Gasteiger partial charge in [0.1, 0.15) is 0 Å². The van der Waals surface area contributed by atoms with Crippen molar-refractivity contribution in [1.82, 2.24) is 9.80 Å². The zero-order valence-corrected chi connectivity index (χ0v) is 11.6. The minimum atomic E-state index is 0.0438. The summed E-state index contributed by atoms with van der Waals surface area (Å²) in [6, 6.07) is 5.85. The molecule has 1 aromatic rings. The van der Waals surface area contributed by atoms with Crippen LogP contribution < -0.4 is 5.73 Å². The van der Waals surface area contributed by atoms with Crippen LogP contribution in [-0.4, -0.2) is 48.9 Å². The zero-order valence-electron chi connectivity index (χ0n) is 9.98. The van der Waals surface area contributed by atoms with E-state index in [2.05, 4.69) is 20.8 Å². The summed E-state index contributed by atoms with van der Waals surface area (Å²) in [4.78, 5) is 16.2. The number of likely N-dealkylation sites (N-methyl/N-ethyl adjacent to an activating group) is 1. The van der Waals surface area contributed by atoms with Crippen molar-refractivity contribution in [1.29, 1.82) is 0 Å². The second-order valence-electron chi connectivity index (χ2n) is 4.54. The SMILES string of the molecule is CN(C)C1CN(C(=O)c2cccc(N)c2Br)C1. The first-order valence-corrected chi connectivity index (χ1v) is 6.29. The number of amides is 1. The summed E-state index contributed by atoms with van der Waals surface area (Å²) in [5.41, 5.74) is 7.01. The van der Waals surface area contributed by atoms with Gasteiger partial charge >= 0.3 is 0 Å². The van der Waals surface area contributed by atoms with E-state index in [4.69, 9.17) is 5.73 Å². The van der Waals surface area contributed by atoms with Crippen molar-refractivity contribution in [2.45, 2.75) is 6.04 Å². The van der Waals surface area contributed by atoms with Gasteiger partial charge in [-0.3, -0.25) is 4.79 Å². The summed E-state index contributed by atoms with van der Waals surface area (Å²) in [6.45, 7) is 1.57. The molecule has 1 heterocycles. The number of anilines is 1. The molecule has 17 heavy (non-hydrogen) atoms. The third kappa shape index (κ3) is 2.30. The molecule has 0 unspecified atom stereocenters. The third-order valence-corrected chi connectivity index (χ3v) is 4.02. The van der Waals surface area contributed by atoms with Crippen molar-refractivity contribution in [3.8, 4) is 0 Å². The third-order valence-electron chi connectivity index (χ3n) is 3.14. The maximum atomic E-state index is 12.2. The van der Waals surface area contributed by atoms with Crippen LogP contribution in [0.4, 0.5) is 5.69 Å². The fourth-order valence-corrected chi connectivity index (χ4v) is 2.27. The molecule has 2 N–H and O–H groups in total. The zero-order chi connectivity index (χ0) is 12.6. The Morgan fingerprint density at radius 1 is 1.47 bits per heavy atom. The molecule has 1 aromatic carbocycles. The first kappa shape index (κ1) is 12.4. The van der Waals surface area contributed by atoms with E-state index in [-0.39, 0.29) is 5.91 Å². The highest BCUT2D eigenvalue weighted by molar-refractivity contribution is 9.10. The lowest BCUT2D eigenvalue weighted by molar-refractivity contribution is 0.0398. The van der Waals surface area contributed by atoms with Crippen LogP contribution in [0.3, 0.4) is 0 Å². The number of likely N-dealkylation sites (tertiary alicyclic amines) is 1. The molecule has 92 valence electrons. The van der Waals surface area contributed by atoms with E-state index in [0.717, 1.165) is 13.1 Å². The smallest absolute Gasteiger partial charge is 0.255 e. The Morgan fingerprint density at radius 3 is 2.71 bits per heavy atom. The van der Waals surface area contributed by atoms with Crippen LogP contribution in [0.5, 0.6) is 0 Å². The number of nitrogen functional groups attached to an aromatic ring is 1. The fourth-order valence-electron chi connectivity index (χ4n) is 1.83. The van der Waals surface area contributed by atoms with E-state index in [1.165, 1.54) is 0 Å². The summed E-state index contributed by atoms with van der Waals surface area (Å²) in [5, 5.41) is 0. The van der Waals surface area contributed by atoms with Gasteiger partial charge in [-0.25, -0.2) is 0 Å². The lowest BCUT2D eigenvalue weighted by Crippen LogP contribution is -2.59. The molecule has 1 amide bonds. The number of hydrogen-bond acceptors (Lipinski definition) is 3. The highest BCUT2D eigenvalue weighted by Gasteiger charge is 2.33. The maximum absolute atomic E-state index is 12.2. The van der Waals surface area contributed by atoms with Gasteiger partial charge in [-0.15, -0.1) is 0 Å². The van der Waals surface area contributed by atoms with Crippen LogP contribution in [0.15, 0.2) is 22.7 Å². The minimum Gasteiger partial charge on any atom is -0.398 e. The molecule has 1 fully saturated rings. The number of halogens is 1. The summed E-state index contributed by atoms with van der Waals surface area (Å²) in [7, 11) is 4.06. The Balaban J connectivity index is 2.09. The molecule has 2 rings (SSSR count). The summed E-state index contributed by atoms with van der Waals surface area (Å²) < 4.78 is 0.693. The largest absolute Gasteiger partial charge is 0.398 e. The predicted octanol–water partition coefficient (Wildman–Crippen LogP) is 1.42. The van der Waals surface area contributed by atoms with E-state index >= 15 is 0 Å². The topological polar surface area (TPSA) is 49.6 Å². The quantitative estimate of drug-likeness (QED) is 0.840. The Kier molecular flexibility index (Phi) is 3.40. The molecule has 0 spiro atoms. The number of carbonyl (C=O) groups is 1. The molecule has 0 atom stereocenters. The van der Waals surface area contributed by atoms with Gasteiger partial charge in [0.2, 0.25) is 0 Å². The molecule has 5 heteroatoms. The highest BCUT2D eigenvalue weighted by Crippen LogP contribution is 2.26. The summed E-state index contributed by atoms with van der Waals surface area (Å²) >= 11 is 3.36. The second kappa shape index (κ2) is 4.66. The minimum absolute atomic E-state index is 0.0438. The average molecular weight is 298 g/mol. The molecule has 1 aliphatic heterocycles. The van der Waals surface area contributed by atoms with Gasteiger partial charge in [0.25, 0.3) is 5.91 Å². The van der Waals surface area contributed by atoms with E-state index in [0.29, 0.717) is 21.8 Å². The average Bonchev–Trinajstić information content (AvgIpc) is 2.19. The van der Waals surface area contributed by atoms with Crippen molar-refractivity contribution < 1.29 is 4.79 Å². The monoisotopic (exact) mass is 297 g/mol. The first-order valence-electron chi connectivity index (χ1n) is 5.50. The van der Waals surface area contributed by atoms with Crippen LogP contribution in [-0.2, 0) is 0 Å². The molecule has 0 aromatic heterocycles. The van der Waals surface area contributed by atoms with Crippen molar-refractivity contribution in [2.75, 3.05) is 32.9 Å². The Bertz CT molecular complexity index is 441. The molecular formula is C12H16BrN3O. The summed E-state index contributed by atoms with van der Waals surface area (Å²) in [6.07, 6.45) is 0. The van der Waals surface area contributed by atoms with Gasteiger partial charge < -0.3 is 15.5 Å². The fraction of sp³-hybridized carbons (Fsp3) is 0.417. The van der Waals surface area contributed by atoms with Crippen molar-refractivity contribution in [2.24, 2.45) is 0 Å². The predicted molar refractivity (Wildman–Crippen MR) is 71.9 cm³/mol. The Morgan fingerprint density at radius 2 is 2.12 bits per heavy atom. The van der Waals surface area contributed by atoms with Gasteiger partial charge in [0, 0.05) is 24.8 Å². The van der Waals surface area contributed by atoms with Crippen molar-refractivity contribution in [3.05, 3.63) is 28.2 Å². The first-order chi connectivity index (χ1) is 8.00. The Hall–Kier alpha value is -1.07. The second-order valence-corrected chi connectivity index (χ2v) is 5.33. The van der Waals surface area contributed by atoms with E-state index in [1.54, 1.807) is 18.2 Å². The number of nitrogens with zero attached hydrogens (tertiary/aromatic N) is 2. The number of benzene rings is 1. The van der Waals surface area contributed by atoms with Crippen LogP contribution in [0.2, 0.25) is 0 Å². The molecule has 4 nitrogen and oxygen atoms in total. The molecule has 1 saturated heterocycles. The van der Waals surface area contributed by atoms with E-state index in [1.807, 2.05) is 19.0 Å². The molecule has 0 saturated carbocycles. The van der Waals surface area contributed by atoms with Crippen LogP contribution in [0.1, 0.15) is 10.4 Å². The molecule has 0 bridgehead atoms. The number of carbonyl (C=O) groups excluding carboxylic acids is 1.